The van der Waals surface area contributed by atoms with E-state index in [4.69, 9.17) is 21.1 Å². The summed E-state index contributed by atoms with van der Waals surface area (Å²) in [5.74, 6) is 1.32. The Hall–Kier alpha value is -2.15. The van der Waals surface area contributed by atoms with Gasteiger partial charge >= 0.3 is 6.09 Å². The van der Waals surface area contributed by atoms with Crippen LogP contribution in [0.2, 0.25) is 5.02 Å². The molecule has 0 atom stereocenters. The van der Waals surface area contributed by atoms with Gasteiger partial charge in [0.15, 0.2) is 5.96 Å². The molecule has 0 spiro atoms. The van der Waals surface area contributed by atoms with Crippen LogP contribution in [0.1, 0.15) is 26.3 Å². The van der Waals surface area contributed by atoms with E-state index in [0.29, 0.717) is 36.4 Å². The van der Waals surface area contributed by atoms with E-state index in [2.05, 4.69) is 20.9 Å². The zero-order valence-electron chi connectivity index (χ0n) is 15.4. The molecule has 1 amide bonds. The van der Waals surface area contributed by atoms with Crippen LogP contribution in [0.15, 0.2) is 23.2 Å². The molecule has 0 unspecified atom stereocenters. The minimum Gasteiger partial charge on any atom is -0.496 e. The monoisotopic (exact) mass is 370 g/mol. The summed E-state index contributed by atoms with van der Waals surface area (Å²) in [4.78, 5) is 15.7. The quantitative estimate of drug-likeness (QED) is 0.407. The van der Waals surface area contributed by atoms with Gasteiger partial charge in [0.1, 0.15) is 11.4 Å². The van der Waals surface area contributed by atoms with Crippen molar-refractivity contribution in [1.82, 2.24) is 16.0 Å². The molecular weight excluding hydrogens is 344 g/mol. The van der Waals surface area contributed by atoms with Crippen molar-refractivity contribution in [3.05, 3.63) is 28.8 Å². The molecular formula is C17H27ClN4O3. The average molecular weight is 371 g/mol. The molecule has 25 heavy (non-hydrogen) atoms. The lowest BCUT2D eigenvalue weighted by Gasteiger charge is -2.20. The Morgan fingerprint density at radius 3 is 2.48 bits per heavy atom. The second kappa shape index (κ2) is 9.98. The normalized spacial score (nSPS) is 11.7. The van der Waals surface area contributed by atoms with Gasteiger partial charge in [-0.15, -0.1) is 0 Å². The first-order valence-electron chi connectivity index (χ1n) is 7.99. The molecule has 0 aliphatic carbocycles. The van der Waals surface area contributed by atoms with E-state index in [1.807, 2.05) is 32.9 Å². The number of alkyl carbamates (subject to hydrolysis) is 1. The number of ether oxygens (including phenoxy) is 2. The third kappa shape index (κ3) is 8.49. The summed E-state index contributed by atoms with van der Waals surface area (Å²) in [7, 11) is 3.28. The number of nitrogens with one attached hydrogen (secondary N) is 3. The second-order valence-electron chi connectivity index (χ2n) is 6.24. The van der Waals surface area contributed by atoms with Gasteiger partial charge in [-0.1, -0.05) is 17.7 Å². The van der Waals surface area contributed by atoms with E-state index < -0.39 is 11.7 Å². The molecule has 1 aromatic rings. The van der Waals surface area contributed by atoms with E-state index in [0.717, 1.165) is 5.56 Å². The van der Waals surface area contributed by atoms with Gasteiger partial charge in [-0.2, -0.15) is 0 Å². The highest BCUT2D eigenvalue weighted by Gasteiger charge is 2.15. The van der Waals surface area contributed by atoms with Gasteiger partial charge < -0.3 is 25.4 Å². The van der Waals surface area contributed by atoms with Crippen LogP contribution in [0.5, 0.6) is 5.75 Å². The average Bonchev–Trinajstić information content (AvgIpc) is 2.53. The van der Waals surface area contributed by atoms with E-state index in [9.17, 15) is 4.79 Å². The number of amides is 1. The Morgan fingerprint density at radius 1 is 1.20 bits per heavy atom. The van der Waals surface area contributed by atoms with E-state index in [1.54, 1.807) is 20.2 Å². The molecule has 7 nitrogen and oxygen atoms in total. The number of rotatable bonds is 6. The summed E-state index contributed by atoms with van der Waals surface area (Å²) in [5, 5.41) is 9.58. The smallest absolute Gasteiger partial charge is 0.407 e. The maximum atomic E-state index is 11.5. The molecule has 1 rings (SSSR count). The van der Waals surface area contributed by atoms with E-state index in [-0.39, 0.29) is 0 Å². The van der Waals surface area contributed by atoms with Crippen molar-refractivity contribution in [2.24, 2.45) is 4.99 Å². The maximum absolute atomic E-state index is 11.5. The first-order chi connectivity index (χ1) is 11.7. The largest absolute Gasteiger partial charge is 0.496 e. The number of carbonyl (C=O) groups is 1. The highest BCUT2D eigenvalue weighted by molar-refractivity contribution is 6.30. The number of guanidine groups is 1. The molecule has 0 radical (unpaired) electrons. The van der Waals surface area contributed by atoms with Gasteiger partial charge in [-0.05, 0) is 32.9 Å². The Kier molecular flexibility index (Phi) is 8.34. The molecule has 0 aliphatic rings. The van der Waals surface area contributed by atoms with Gasteiger partial charge in [0.05, 0.1) is 7.11 Å². The SMILES string of the molecule is CN=C(NCCNC(=O)OC(C)(C)C)NCc1ccc(Cl)cc1OC. The molecule has 8 heteroatoms. The minimum atomic E-state index is -0.507. The van der Waals surface area contributed by atoms with Crippen LogP contribution in [0.4, 0.5) is 4.79 Å². The lowest BCUT2D eigenvalue weighted by atomic mass is 10.2. The van der Waals surface area contributed by atoms with Crippen molar-refractivity contribution in [1.29, 1.82) is 0 Å². The molecule has 3 N–H and O–H groups in total. The topological polar surface area (TPSA) is 84.0 Å². The summed E-state index contributed by atoms with van der Waals surface area (Å²) in [6.07, 6.45) is -0.442. The van der Waals surface area contributed by atoms with Crippen LogP contribution >= 0.6 is 11.6 Å². The molecule has 0 heterocycles. The first kappa shape index (κ1) is 20.9. The second-order valence-corrected chi connectivity index (χ2v) is 6.67. The lowest BCUT2D eigenvalue weighted by molar-refractivity contribution is 0.0529. The highest BCUT2D eigenvalue weighted by atomic mass is 35.5. The van der Waals surface area contributed by atoms with Gasteiger partial charge in [0, 0.05) is 37.3 Å². The minimum absolute atomic E-state index is 0.417. The Bertz CT molecular complexity index is 600. The zero-order valence-corrected chi connectivity index (χ0v) is 16.2. The Balaban J connectivity index is 2.37. The molecule has 1 aromatic carbocycles. The summed E-state index contributed by atoms with van der Waals surface area (Å²) >= 11 is 5.95. The summed E-state index contributed by atoms with van der Waals surface area (Å²) in [6.45, 7) is 6.92. The third-order valence-corrected chi connectivity index (χ3v) is 3.24. The van der Waals surface area contributed by atoms with Gasteiger partial charge in [-0.3, -0.25) is 4.99 Å². The van der Waals surface area contributed by atoms with Gasteiger partial charge in [0.2, 0.25) is 0 Å². The fourth-order valence-electron chi connectivity index (χ4n) is 1.92. The van der Waals surface area contributed by atoms with Crippen molar-refractivity contribution >= 4 is 23.7 Å². The van der Waals surface area contributed by atoms with E-state index >= 15 is 0 Å². The van der Waals surface area contributed by atoms with Crippen molar-refractivity contribution in [2.75, 3.05) is 27.2 Å². The zero-order chi connectivity index (χ0) is 18.9. The number of halogens is 1. The van der Waals surface area contributed by atoms with Crippen LogP contribution in [-0.4, -0.2) is 44.9 Å². The van der Waals surface area contributed by atoms with E-state index in [1.165, 1.54) is 0 Å². The van der Waals surface area contributed by atoms with Crippen LogP contribution in [0.3, 0.4) is 0 Å². The number of nitrogens with zero attached hydrogens (tertiary/aromatic N) is 1. The molecule has 0 aromatic heterocycles. The number of aliphatic imine (C=N–C) groups is 1. The molecule has 140 valence electrons. The van der Waals surface area contributed by atoms with Crippen molar-refractivity contribution < 1.29 is 14.3 Å². The van der Waals surface area contributed by atoms with Crippen LogP contribution in [-0.2, 0) is 11.3 Å². The summed E-state index contributed by atoms with van der Waals surface area (Å²) < 4.78 is 10.5. The standard InChI is InChI=1S/C17H27ClN4O3/c1-17(2,3)25-16(23)21-9-8-20-15(19-4)22-11-12-6-7-13(18)10-14(12)24-5/h6-7,10H,8-9,11H2,1-5H3,(H,21,23)(H2,19,20,22). The predicted octanol–water partition coefficient (Wildman–Crippen LogP) is 2.54. The summed E-state index contributed by atoms with van der Waals surface area (Å²) in [6, 6.07) is 5.47. The fraction of sp³-hybridized carbons (Fsp3) is 0.529. The number of benzene rings is 1. The molecule has 0 saturated carbocycles. The Morgan fingerprint density at radius 2 is 1.88 bits per heavy atom. The van der Waals surface area contributed by atoms with Crippen molar-refractivity contribution in [2.45, 2.75) is 32.9 Å². The summed E-state index contributed by atoms with van der Waals surface area (Å²) in [5.41, 5.74) is 0.453. The maximum Gasteiger partial charge on any atom is 0.407 e. The highest BCUT2D eigenvalue weighted by Crippen LogP contribution is 2.22. The van der Waals surface area contributed by atoms with Crippen LogP contribution in [0.25, 0.3) is 0 Å². The van der Waals surface area contributed by atoms with Crippen molar-refractivity contribution in [3.63, 3.8) is 0 Å². The molecule has 0 bridgehead atoms. The molecule has 0 saturated heterocycles. The van der Waals surface area contributed by atoms with Crippen LogP contribution in [0, 0.1) is 0 Å². The fourth-order valence-corrected chi connectivity index (χ4v) is 2.09. The van der Waals surface area contributed by atoms with Gasteiger partial charge in [0.25, 0.3) is 0 Å². The third-order valence-electron chi connectivity index (χ3n) is 3.00. The van der Waals surface area contributed by atoms with Crippen molar-refractivity contribution in [3.8, 4) is 5.75 Å². The van der Waals surface area contributed by atoms with Crippen LogP contribution < -0.4 is 20.7 Å². The number of carbonyl (C=O) groups excluding carboxylic acids is 1. The van der Waals surface area contributed by atoms with Gasteiger partial charge in [-0.25, -0.2) is 4.79 Å². The molecule has 0 fully saturated rings. The first-order valence-corrected chi connectivity index (χ1v) is 8.36. The molecule has 0 aliphatic heterocycles. The predicted molar refractivity (Wildman–Crippen MR) is 100 cm³/mol. The number of methoxy groups -OCH3 is 1. The Labute approximate surface area is 154 Å². The lowest BCUT2D eigenvalue weighted by Crippen LogP contribution is -2.42. The number of hydrogen-bond donors (Lipinski definition) is 3. The number of hydrogen-bond acceptors (Lipinski definition) is 4.